The number of aromatic nitrogens is 3. The number of nitrogens with one attached hydrogen (secondary N) is 1. The molecule has 3 aromatic rings. The molecule has 2 heterocycles. The summed E-state index contributed by atoms with van der Waals surface area (Å²) in [6, 6.07) is 11.1. The topological polar surface area (TPSA) is 104 Å². The highest BCUT2D eigenvalue weighted by atomic mass is 16.6. The molecule has 0 amide bonds. The van der Waals surface area contributed by atoms with Crippen molar-refractivity contribution < 1.29 is 14.6 Å². The van der Waals surface area contributed by atoms with Gasteiger partial charge in [-0.3, -0.25) is 5.10 Å². The maximum absolute atomic E-state index is 13.1. The zero-order valence-corrected chi connectivity index (χ0v) is 17.9. The monoisotopic (exact) mass is 406 g/mol. The van der Waals surface area contributed by atoms with E-state index in [2.05, 4.69) is 16.3 Å². The van der Waals surface area contributed by atoms with Gasteiger partial charge >= 0.3 is 5.97 Å². The van der Waals surface area contributed by atoms with Crippen molar-refractivity contribution in [1.82, 2.24) is 14.8 Å². The summed E-state index contributed by atoms with van der Waals surface area (Å²) < 4.78 is 7.72. The van der Waals surface area contributed by atoms with E-state index in [1.165, 1.54) is 0 Å². The Hall–Kier alpha value is -3.37. The number of hydrogen-bond acceptors (Lipinski definition) is 5. The van der Waals surface area contributed by atoms with Gasteiger partial charge in [0, 0.05) is 17.0 Å². The van der Waals surface area contributed by atoms with Crippen LogP contribution in [0.2, 0.25) is 0 Å². The number of benzene rings is 1. The number of H-pyrrole nitrogens is 1. The molecule has 156 valence electrons. The molecule has 0 aliphatic rings. The first-order valence-corrected chi connectivity index (χ1v) is 9.72. The van der Waals surface area contributed by atoms with Crippen molar-refractivity contribution in [2.75, 3.05) is 0 Å². The Bertz CT molecular complexity index is 1110. The second-order valence-corrected chi connectivity index (χ2v) is 8.24. The van der Waals surface area contributed by atoms with Crippen LogP contribution in [-0.4, -0.2) is 31.4 Å². The van der Waals surface area contributed by atoms with Crippen LogP contribution in [-0.2, 0) is 17.9 Å². The molecule has 2 aromatic heterocycles. The summed E-state index contributed by atoms with van der Waals surface area (Å²) in [4.78, 5) is 13.1. The summed E-state index contributed by atoms with van der Waals surface area (Å²) in [6.07, 6.45) is 0. The SMILES string of the molecule is Cc1c(C(=O)OC(C)(C)C)c(-c2ccc(C#N)cc2)c(C)n1Cc1cc(CO)n[nH]1. The van der Waals surface area contributed by atoms with Gasteiger partial charge in [-0.2, -0.15) is 10.4 Å². The van der Waals surface area contributed by atoms with Gasteiger partial charge in [-0.15, -0.1) is 0 Å². The Labute approximate surface area is 175 Å². The van der Waals surface area contributed by atoms with E-state index in [1.807, 2.05) is 51.3 Å². The number of hydrogen-bond donors (Lipinski definition) is 2. The van der Waals surface area contributed by atoms with Crippen LogP contribution in [0.4, 0.5) is 0 Å². The first-order valence-electron chi connectivity index (χ1n) is 9.72. The largest absolute Gasteiger partial charge is 0.456 e. The predicted octanol–water partition coefficient (Wildman–Crippen LogP) is 3.86. The number of aliphatic hydroxyl groups excluding tert-OH is 1. The van der Waals surface area contributed by atoms with Crippen LogP contribution in [0.15, 0.2) is 30.3 Å². The molecule has 0 radical (unpaired) electrons. The zero-order valence-electron chi connectivity index (χ0n) is 17.9. The summed E-state index contributed by atoms with van der Waals surface area (Å²) in [5.41, 5.74) is 5.13. The van der Waals surface area contributed by atoms with Crippen molar-refractivity contribution in [2.24, 2.45) is 0 Å². The minimum atomic E-state index is -0.624. The van der Waals surface area contributed by atoms with Crippen LogP contribution in [0.1, 0.15) is 59.5 Å². The average Bonchev–Trinajstić information content (AvgIpc) is 3.24. The van der Waals surface area contributed by atoms with Gasteiger partial charge in [0.1, 0.15) is 5.60 Å². The van der Waals surface area contributed by atoms with Crippen molar-refractivity contribution in [2.45, 2.75) is 53.4 Å². The smallest absolute Gasteiger partial charge is 0.341 e. The lowest BCUT2D eigenvalue weighted by molar-refractivity contribution is 0.00695. The minimum Gasteiger partial charge on any atom is -0.456 e. The molecule has 0 unspecified atom stereocenters. The number of aliphatic hydroxyl groups is 1. The first kappa shape index (κ1) is 21.3. The number of nitriles is 1. The second-order valence-electron chi connectivity index (χ2n) is 8.24. The third kappa shape index (κ3) is 4.29. The number of esters is 1. The summed E-state index contributed by atoms with van der Waals surface area (Å²) in [5, 5.41) is 25.4. The van der Waals surface area contributed by atoms with Crippen LogP contribution in [0.25, 0.3) is 11.1 Å². The van der Waals surface area contributed by atoms with Gasteiger partial charge in [-0.25, -0.2) is 4.79 Å². The highest BCUT2D eigenvalue weighted by Crippen LogP contribution is 2.34. The highest BCUT2D eigenvalue weighted by molar-refractivity contribution is 6.00. The number of nitrogens with zero attached hydrogens (tertiary/aromatic N) is 3. The number of rotatable bonds is 5. The molecule has 0 aliphatic heterocycles. The van der Waals surface area contributed by atoms with Gasteiger partial charge in [-0.1, -0.05) is 12.1 Å². The molecule has 7 heteroatoms. The van der Waals surface area contributed by atoms with Crippen molar-refractivity contribution in [3.05, 3.63) is 64.2 Å². The van der Waals surface area contributed by atoms with Crippen molar-refractivity contribution in [3.8, 4) is 17.2 Å². The average molecular weight is 406 g/mol. The zero-order chi connectivity index (χ0) is 22.1. The number of aromatic amines is 1. The van der Waals surface area contributed by atoms with Gasteiger partial charge in [0.2, 0.25) is 0 Å². The maximum Gasteiger partial charge on any atom is 0.341 e. The Balaban J connectivity index is 2.14. The molecule has 0 bridgehead atoms. The van der Waals surface area contributed by atoms with Gasteiger partial charge in [-0.05, 0) is 58.4 Å². The lowest BCUT2D eigenvalue weighted by Gasteiger charge is -2.20. The van der Waals surface area contributed by atoms with Crippen LogP contribution < -0.4 is 0 Å². The van der Waals surface area contributed by atoms with E-state index in [1.54, 1.807) is 18.2 Å². The van der Waals surface area contributed by atoms with Crippen molar-refractivity contribution in [3.63, 3.8) is 0 Å². The lowest BCUT2D eigenvalue weighted by Crippen LogP contribution is -2.24. The molecule has 0 atom stereocenters. The Kier molecular flexibility index (Phi) is 5.81. The number of ether oxygens (including phenoxy) is 1. The number of carbonyl (C=O) groups excluding carboxylic acids is 1. The third-order valence-corrected chi connectivity index (χ3v) is 4.86. The van der Waals surface area contributed by atoms with E-state index >= 15 is 0 Å². The van der Waals surface area contributed by atoms with Crippen LogP contribution in [0.5, 0.6) is 0 Å². The van der Waals surface area contributed by atoms with Crippen molar-refractivity contribution in [1.29, 1.82) is 5.26 Å². The predicted molar refractivity (Wildman–Crippen MR) is 113 cm³/mol. The molecule has 2 N–H and O–H groups in total. The van der Waals surface area contributed by atoms with Gasteiger partial charge in [0.05, 0.1) is 41.7 Å². The fourth-order valence-electron chi connectivity index (χ4n) is 3.51. The maximum atomic E-state index is 13.1. The fraction of sp³-hybridized carbons (Fsp3) is 0.348. The van der Waals surface area contributed by atoms with Crippen molar-refractivity contribution >= 4 is 5.97 Å². The van der Waals surface area contributed by atoms with E-state index in [0.717, 1.165) is 28.2 Å². The Morgan fingerprint density at radius 3 is 2.43 bits per heavy atom. The molecular formula is C23H26N4O3. The summed E-state index contributed by atoms with van der Waals surface area (Å²) in [5.74, 6) is -0.387. The lowest BCUT2D eigenvalue weighted by atomic mass is 9.99. The van der Waals surface area contributed by atoms with Gasteiger partial charge in [0.25, 0.3) is 0 Å². The fourth-order valence-corrected chi connectivity index (χ4v) is 3.51. The summed E-state index contributed by atoms with van der Waals surface area (Å²) in [7, 11) is 0. The molecule has 0 spiro atoms. The molecule has 7 nitrogen and oxygen atoms in total. The summed E-state index contributed by atoms with van der Waals surface area (Å²) in [6.45, 7) is 9.70. The van der Waals surface area contributed by atoms with Gasteiger partial charge in [0.15, 0.2) is 0 Å². The standard InChI is InChI=1S/C23H26N4O3/c1-14-20(17-8-6-16(11-24)7-9-17)21(22(29)30-23(3,4)5)15(2)27(14)12-18-10-19(13-28)26-25-18/h6-10,28H,12-13H2,1-5H3,(H,25,26). The molecular weight excluding hydrogens is 380 g/mol. The molecule has 3 rings (SSSR count). The molecule has 1 aromatic carbocycles. The summed E-state index contributed by atoms with van der Waals surface area (Å²) >= 11 is 0. The molecule has 0 saturated heterocycles. The first-order chi connectivity index (χ1) is 14.1. The van der Waals surface area contributed by atoms with E-state index in [-0.39, 0.29) is 12.6 Å². The van der Waals surface area contributed by atoms with Crippen LogP contribution in [0.3, 0.4) is 0 Å². The van der Waals surface area contributed by atoms with E-state index in [0.29, 0.717) is 23.4 Å². The molecule has 0 saturated carbocycles. The Morgan fingerprint density at radius 1 is 1.23 bits per heavy atom. The quantitative estimate of drug-likeness (QED) is 0.626. The van der Waals surface area contributed by atoms with Gasteiger partial charge < -0.3 is 14.4 Å². The normalized spacial score (nSPS) is 11.4. The molecule has 0 fully saturated rings. The highest BCUT2D eigenvalue weighted by Gasteiger charge is 2.28. The van der Waals surface area contributed by atoms with E-state index < -0.39 is 5.60 Å². The van der Waals surface area contributed by atoms with E-state index in [9.17, 15) is 9.90 Å². The minimum absolute atomic E-state index is 0.139. The van der Waals surface area contributed by atoms with E-state index in [4.69, 9.17) is 10.00 Å². The van der Waals surface area contributed by atoms with Crippen LogP contribution >= 0.6 is 0 Å². The molecule has 0 aliphatic carbocycles. The second kappa shape index (κ2) is 8.17. The molecule has 30 heavy (non-hydrogen) atoms. The third-order valence-electron chi connectivity index (χ3n) is 4.86. The van der Waals surface area contributed by atoms with Crippen LogP contribution in [0, 0.1) is 25.2 Å². The Morgan fingerprint density at radius 2 is 1.90 bits per heavy atom. The number of carbonyl (C=O) groups is 1.